The number of nitrogens with zero attached hydrogens (tertiary/aromatic N) is 1. The summed E-state index contributed by atoms with van der Waals surface area (Å²) in [6.07, 6.45) is -4.84. The van der Waals surface area contributed by atoms with E-state index in [0.29, 0.717) is 0 Å². The van der Waals surface area contributed by atoms with E-state index in [9.17, 15) is 18.0 Å². The molecule has 2 N–H and O–H groups in total. The quantitative estimate of drug-likeness (QED) is 0.886. The molecular weight excluding hydrogens is 265 g/mol. The second-order valence-corrected chi connectivity index (χ2v) is 3.62. The Morgan fingerprint density at radius 1 is 1.42 bits per heavy atom. The first kappa shape index (κ1) is 15.1. The molecule has 0 aromatic heterocycles. The van der Waals surface area contributed by atoms with Gasteiger partial charge >= 0.3 is 12.4 Å². The monoisotopic (exact) mass is 278 g/mol. The fourth-order valence-corrected chi connectivity index (χ4v) is 1.25. The number of rotatable bonds is 4. The molecule has 2 amide bonds. The number of carbonyl (C=O) groups excluding carboxylic acids is 1. The van der Waals surface area contributed by atoms with Crippen molar-refractivity contribution in [2.24, 2.45) is 0 Å². The number of benzene rings is 1. The molecule has 0 unspecified atom stereocenters. The first-order valence-electron chi connectivity index (χ1n) is 5.31. The minimum atomic E-state index is -4.84. The van der Waals surface area contributed by atoms with E-state index < -0.39 is 18.1 Å². The van der Waals surface area contributed by atoms with Crippen LogP contribution in [0.1, 0.15) is 0 Å². The lowest BCUT2D eigenvalue weighted by atomic mass is 10.3. The van der Waals surface area contributed by atoms with Crippen LogP contribution in [0, 0.1) is 0 Å². The van der Waals surface area contributed by atoms with Gasteiger partial charge in [-0.1, -0.05) is 12.1 Å². The van der Waals surface area contributed by atoms with Gasteiger partial charge in [-0.3, -0.25) is 0 Å². The number of halogens is 3. The van der Waals surface area contributed by atoms with Gasteiger partial charge in [0.15, 0.2) is 5.75 Å². The van der Waals surface area contributed by atoms with Gasteiger partial charge in [0.25, 0.3) is 0 Å². The summed E-state index contributed by atoms with van der Waals surface area (Å²) in [5.74, 6) is -0.499. The second kappa shape index (κ2) is 6.28. The molecule has 0 saturated heterocycles. The lowest BCUT2D eigenvalue weighted by Crippen LogP contribution is -2.33. The van der Waals surface area contributed by atoms with Crippen molar-refractivity contribution in [2.75, 3.05) is 25.5 Å². The largest absolute Gasteiger partial charge is 0.573 e. The Morgan fingerprint density at radius 3 is 2.63 bits per heavy atom. The summed E-state index contributed by atoms with van der Waals surface area (Å²) < 4.78 is 40.3. The van der Waals surface area contributed by atoms with Crippen LogP contribution in [0.5, 0.6) is 5.75 Å². The number of likely N-dealkylation sites (N-methyl/N-ethyl adjacent to an activating group) is 1. The average molecular weight is 278 g/mol. The number of ether oxygens (including phenoxy) is 1. The molecule has 0 heterocycles. The second-order valence-electron chi connectivity index (χ2n) is 3.62. The van der Waals surface area contributed by atoms with Crippen LogP contribution in [0.15, 0.2) is 24.3 Å². The molecule has 106 valence electrons. The standard InChI is InChI=1S/C11H13F3N2O3/c1-16(6-7-17)10(18)15-8-4-2-3-5-9(8)19-11(12,13)14/h2-5,17H,6-7H2,1H3,(H,15,18). The highest BCUT2D eigenvalue weighted by atomic mass is 19.4. The van der Waals surface area contributed by atoms with Crippen LogP contribution in [0.4, 0.5) is 23.7 Å². The van der Waals surface area contributed by atoms with Crippen molar-refractivity contribution in [3.8, 4) is 5.75 Å². The van der Waals surface area contributed by atoms with Gasteiger partial charge in [0.1, 0.15) is 0 Å². The molecule has 0 bridgehead atoms. The summed E-state index contributed by atoms with van der Waals surface area (Å²) in [5, 5.41) is 10.9. The lowest BCUT2D eigenvalue weighted by Gasteiger charge is -2.18. The molecule has 1 rings (SSSR count). The van der Waals surface area contributed by atoms with Crippen LogP contribution in [0.3, 0.4) is 0 Å². The average Bonchev–Trinajstić information content (AvgIpc) is 2.30. The summed E-state index contributed by atoms with van der Waals surface area (Å²) >= 11 is 0. The molecule has 0 aliphatic rings. The lowest BCUT2D eigenvalue weighted by molar-refractivity contribution is -0.274. The Kier molecular flexibility index (Phi) is 4.99. The van der Waals surface area contributed by atoms with E-state index in [1.807, 2.05) is 0 Å². The molecule has 0 radical (unpaired) electrons. The molecule has 0 atom stereocenters. The first-order chi connectivity index (χ1) is 8.83. The number of hydrogen-bond acceptors (Lipinski definition) is 3. The number of para-hydroxylation sites is 2. The summed E-state index contributed by atoms with van der Waals surface area (Å²) in [5.41, 5.74) is -0.102. The van der Waals surface area contributed by atoms with E-state index in [4.69, 9.17) is 5.11 Å². The maximum absolute atomic E-state index is 12.2. The number of urea groups is 1. The minimum absolute atomic E-state index is 0.0636. The van der Waals surface area contributed by atoms with Crippen molar-refractivity contribution in [3.63, 3.8) is 0 Å². The number of carbonyl (C=O) groups is 1. The highest BCUT2D eigenvalue weighted by molar-refractivity contribution is 5.90. The fraction of sp³-hybridized carbons (Fsp3) is 0.364. The van der Waals surface area contributed by atoms with Gasteiger partial charge in [0.2, 0.25) is 0 Å². The third-order valence-corrected chi connectivity index (χ3v) is 2.14. The van der Waals surface area contributed by atoms with Gasteiger partial charge in [0, 0.05) is 13.6 Å². The molecule has 0 saturated carbocycles. The summed E-state index contributed by atoms with van der Waals surface area (Å²) in [7, 11) is 1.40. The third-order valence-electron chi connectivity index (χ3n) is 2.14. The maximum atomic E-state index is 12.2. The third kappa shape index (κ3) is 5.04. The molecule has 1 aromatic carbocycles. The fourth-order valence-electron chi connectivity index (χ4n) is 1.25. The number of aliphatic hydroxyl groups excluding tert-OH is 1. The Balaban J connectivity index is 2.81. The van der Waals surface area contributed by atoms with Crippen molar-refractivity contribution >= 4 is 11.7 Å². The van der Waals surface area contributed by atoms with Crippen LogP contribution >= 0.6 is 0 Å². The zero-order valence-corrected chi connectivity index (χ0v) is 10.1. The van der Waals surface area contributed by atoms with Gasteiger partial charge in [0.05, 0.1) is 12.3 Å². The molecule has 0 fully saturated rings. The first-order valence-corrected chi connectivity index (χ1v) is 5.31. The van der Waals surface area contributed by atoms with Crippen molar-refractivity contribution < 1.29 is 27.8 Å². The molecule has 19 heavy (non-hydrogen) atoms. The van der Waals surface area contributed by atoms with Gasteiger partial charge < -0.3 is 20.1 Å². The SMILES string of the molecule is CN(CCO)C(=O)Nc1ccccc1OC(F)(F)F. The van der Waals surface area contributed by atoms with Crippen LogP contribution in [0.25, 0.3) is 0 Å². The minimum Gasteiger partial charge on any atom is -0.404 e. The summed E-state index contributed by atoms with van der Waals surface area (Å²) in [6.45, 7) is -0.182. The van der Waals surface area contributed by atoms with E-state index in [1.165, 1.54) is 25.2 Å². The van der Waals surface area contributed by atoms with E-state index in [2.05, 4.69) is 10.1 Å². The predicted molar refractivity (Wildman–Crippen MR) is 61.9 cm³/mol. The molecule has 0 aliphatic carbocycles. The van der Waals surface area contributed by atoms with Crippen molar-refractivity contribution in [3.05, 3.63) is 24.3 Å². The van der Waals surface area contributed by atoms with Crippen LogP contribution in [-0.2, 0) is 0 Å². The maximum Gasteiger partial charge on any atom is 0.573 e. The van der Waals surface area contributed by atoms with Crippen LogP contribution in [-0.4, -0.2) is 42.6 Å². The normalized spacial score (nSPS) is 11.0. The van der Waals surface area contributed by atoms with Crippen molar-refractivity contribution in [1.29, 1.82) is 0 Å². The van der Waals surface area contributed by atoms with E-state index >= 15 is 0 Å². The number of anilines is 1. The molecule has 1 aromatic rings. The number of hydrogen-bond donors (Lipinski definition) is 2. The Labute approximate surface area is 107 Å². The summed E-state index contributed by atoms with van der Waals surface area (Å²) in [4.78, 5) is 12.7. The van der Waals surface area contributed by atoms with Gasteiger partial charge in [-0.25, -0.2) is 4.79 Å². The van der Waals surface area contributed by atoms with Crippen LogP contribution < -0.4 is 10.1 Å². The Bertz CT molecular complexity index is 437. The van der Waals surface area contributed by atoms with E-state index in [0.717, 1.165) is 11.0 Å². The highest BCUT2D eigenvalue weighted by Gasteiger charge is 2.32. The summed E-state index contributed by atoms with van der Waals surface area (Å²) in [6, 6.07) is 4.55. The van der Waals surface area contributed by atoms with E-state index in [-0.39, 0.29) is 18.8 Å². The molecule has 5 nitrogen and oxygen atoms in total. The van der Waals surface area contributed by atoms with Gasteiger partial charge in [-0.15, -0.1) is 13.2 Å². The number of aliphatic hydroxyl groups is 1. The van der Waals surface area contributed by atoms with Crippen molar-refractivity contribution in [1.82, 2.24) is 4.90 Å². The van der Waals surface area contributed by atoms with Crippen molar-refractivity contribution in [2.45, 2.75) is 6.36 Å². The topological polar surface area (TPSA) is 61.8 Å². The zero-order chi connectivity index (χ0) is 14.5. The highest BCUT2D eigenvalue weighted by Crippen LogP contribution is 2.29. The Hall–Kier alpha value is -1.96. The number of amides is 2. The smallest absolute Gasteiger partial charge is 0.404 e. The molecule has 0 aliphatic heterocycles. The molecular formula is C11H13F3N2O3. The van der Waals surface area contributed by atoms with Gasteiger partial charge in [-0.2, -0.15) is 0 Å². The number of alkyl halides is 3. The Morgan fingerprint density at radius 2 is 2.05 bits per heavy atom. The van der Waals surface area contributed by atoms with E-state index in [1.54, 1.807) is 0 Å². The van der Waals surface area contributed by atoms with Gasteiger partial charge in [-0.05, 0) is 12.1 Å². The molecule has 0 spiro atoms. The predicted octanol–water partition coefficient (Wildman–Crippen LogP) is 2.04. The van der Waals surface area contributed by atoms with Crippen LogP contribution in [0.2, 0.25) is 0 Å². The molecule has 8 heteroatoms. The number of nitrogens with one attached hydrogen (secondary N) is 1. The zero-order valence-electron chi connectivity index (χ0n) is 10.1.